The molecule has 0 aliphatic rings. The van der Waals surface area contributed by atoms with Crippen LogP contribution in [0.4, 0.5) is 13.2 Å². The van der Waals surface area contributed by atoms with Crippen LogP contribution >= 0.6 is 0 Å². The Hall–Kier alpha value is -0.990. The van der Waals surface area contributed by atoms with Gasteiger partial charge in [0.15, 0.2) is 0 Å². The molecule has 0 nitrogen and oxygen atoms in total. The van der Waals surface area contributed by atoms with E-state index >= 15 is 0 Å². The van der Waals surface area contributed by atoms with Crippen molar-refractivity contribution in [2.75, 3.05) is 0 Å². The van der Waals surface area contributed by atoms with Gasteiger partial charge in [-0.15, -0.1) is 0 Å². The van der Waals surface area contributed by atoms with Crippen LogP contribution in [0.1, 0.15) is 44.7 Å². The Labute approximate surface area is 107 Å². The van der Waals surface area contributed by atoms with Crippen LogP contribution < -0.4 is 0 Å². The first kappa shape index (κ1) is 15.1. The fourth-order valence-corrected chi connectivity index (χ4v) is 2.22. The third kappa shape index (κ3) is 4.71. The Morgan fingerprint density at radius 1 is 1.06 bits per heavy atom. The van der Waals surface area contributed by atoms with E-state index in [1.807, 2.05) is 0 Å². The quantitative estimate of drug-likeness (QED) is 0.670. The first-order valence-corrected chi connectivity index (χ1v) is 6.49. The standard InChI is InChI=1S/C15H21F3/c1-4-12(9-11(2)3)10-13-5-7-14(8-6-13)15(16,17)18/h5-8,11-12H,4,9-10H2,1-3H3. The van der Waals surface area contributed by atoms with Gasteiger partial charge in [-0.25, -0.2) is 0 Å². The number of hydrogen-bond donors (Lipinski definition) is 0. The molecule has 0 saturated carbocycles. The van der Waals surface area contributed by atoms with E-state index in [-0.39, 0.29) is 0 Å². The fraction of sp³-hybridized carbons (Fsp3) is 0.600. The number of halogens is 3. The van der Waals surface area contributed by atoms with Gasteiger partial charge in [0.25, 0.3) is 0 Å². The highest BCUT2D eigenvalue weighted by Crippen LogP contribution is 2.29. The van der Waals surface area contributed by atoms with Gasteiger partial charge < -0.3 is 0 Å². The molecule has 1 unspecified atom stereocenters. The largest absolute Gasteiger partial charge is 0.416 e. The van der Waals surface area contributed by atoms with E-state index in [9.17, 15) is 13.2 Å². The molecule has 0 heterocycles. The van der Waals surface area contributed by atoms with E-state index in [1.165, 1.54) is 12.1 Å². The Balaban J connectivity index is 2.68. The number of benzene rings is 1. The van der Waals surface area contributed by atoms with E-state index in [0.29, 0.717) is 11.8 Å². The van der Waals surface area contributed by atoms with Gasteiger partial charge in [-0.05, 0) is 42.4 Å². The molecule has 0 saturated heterocycles. The van der Waals surface area contributed by atoms with Crippen molar-refractivity contribution in [3.05, 3.63) is 35.4 Å². The van der Waals surface area contributed by atoms with Gasteiger partial charge in [-0.2, -0.15) is 13.2 Å². The second kappa shape index (κ2) is 6.26. The predicted octanol–water partition coefficient (Wildman–Crippen LogP) is 5.32. The minimum absolute atomic E-state index is 0.557. The first-order chi connectivity index (χ1) is 8.32. The molecule has 0 spiro atoms. The molecule has 0 bridgehead atoms. The SMILES string of the molecule is CCC(Cc1ccc(C(F)(F)F)cc1)CC(C)C. The number of hydrogen-bond acceptors (Lipinski definition) is 0. The summed E-state index contributed by atoms with van der Waals surface area (Å²) in [5, 5.41) is 0. The topological polar surface area (TPSA) is 0 Å². The van der Waals surface area contributed by atoms with Crippen molar-refractivity contribution in [1.29, 1.82) is 0 Å². The van der Waals surface area contributed by atoms with E-state index < -0.39 is 11.7 Å². The van der Waals surface area contributed by atoms with E-state index in [0.717, 1.165) is 24.8 Å². The maximum atomic E-state index is 12.4. The average molecular weight is 258 g/mol. The zero-order valence-electron chi connectivity index (χ0n) is 11.2. The van der Waals surface area contributed by atoms with Crippen molar-refractivity contribution in [3.63, 3.8) is 0 Å². The summed E-state index contributed by atoms with van der Waals surface area (Å²) in [5.74, 6) is 1.19. The second-order valence-electron chi connectivity index (χ2n) is 5.30. The summed E-state index contributed by atoms with van der Waals surface area (Å²) < 4.78 is 37.3. The molecule has 3 heteroatoms. The monoisotopic (exact) mass is 258 g/mol. The predicted molar refractivity (Wildman–Crippen MR) is 68.4 cm³/mol. The molecule has 0 aliphatic carbocycles. The third-order valence-corrected chi connectivity index (χ3v) is 3.19. The van der Waals surface area contributed by atoms with Gasteiger partial charge in [-0.3, -0.25) is 0 Å². The molecule has 102 valence electrons. The van der Waals surface area contributed by atoms with Crippen molar-refractivity contribution in [2.24, 2.45) is 11.8 Å². The number of alkyl halides is 3. The van der Waals surface area contributed by atoms with Crippen LogP contribution in [0.3, 0.4) is 0 Å². The van der Waals surface area contributed by atoms with Gasteiger partial charge >= 0.3 is 6.18 Å². The summed E-state index contributed by atoms with van der Waals surface area (Å²) in [5.41, 5.74) is 0.429. The Bertz CT molecular complexity index is 349. The highest BCUT2D eigenvalue weighted by molar-refractivity contribution is 5.24. The molecule has 18 heavy (non-hydrogen) atoms. The van der Waals surface area contributed by atoms with Crippen molar-refractivity contribution in [2.45, 2.75) is 46.2 Å². The second-order valence-corrected chi connectivity index (χ2v) is 5.30. The minimum atomic E-state index is -4.24. The van der Waals surface area contributed by atoms with Gasteiger partial charge in [0.1, 0.15) is 0 Å². The molecule has 0 N–H and O–H groups in total. The van der Waals surface area contributed by atoms with Crippen LogP contribution in [0, 0.1) is 11.8 Å². The summed E-state index contributed by atoms with van der Waals surface area (Å²) in [4.78, 5) is 0. The smallest absolute Gasteiger partial charge is 0.166 e. The molecular formula is C15H21F3. The molecular weight excluding hydrogens is 237 g/mol. The lowest BCUT2D eigenvalue weighted by atomic mass is 9.89. The lowest BCUT2D eigenvalue weighted by Crippen LogP contribution is -2.08. The van der Waals surface area contributed by atoms with Crippen molar-refractivity contribution >= 4 is 0 Å². The highest BCUT2D eigenvalue weighted by Gasteiger charge is 2.29. The molecule has 0 aliphatic heterocycles. The van der Waals surface area contributed by atoms with Crippen LogP contribution in [0.25, 0.3) is 0 Å². The number of rotatable bonds is 5. The lowest BCUT2D eigenvalue weighted by molar-refractivity contribution is -0.137. The van der Waals surface area contributed by atoms with Crippen LogP contribution in [-0.2, 0) is 12.6 Å². The summed E-state index contributed by atoms with van der Waals surface area (Å²) in [6, 6.07) is 5.56. The Kier molecular flexibility index (Phi) is 5.24. The molecule has 1 aromatic rings. The normalized spacial score (nSPS) is 13.9. The summed E-state index contributed by atoms with van der Waals surface area (Å²) >= 11 is 0. The summed E-state index contributed by atoms with van der Waals surface area (Å²) in [7, 11) is 0. The molecule has 1 atom stereocenters. The maximum absolute atomic E-state index is 12.4. The maximum Gasteiger partial charge on any atom is 0.416 e. The van der Waals surface area contributed by atoms with E-state index in [1.54, 1.807) is 12.1 Å². The van der Waals surface area contributed by atoms with E-state index in [2.05, 4.69) is 20.8 Å². The lowest BCUT2D eigenvalue weighted by Gasteiger charge is -2.17. The zero-order chi connectivity index (χ0) is 13.8. The Morgan fingerprint density at radius 2 is 1.61 bits per heavy atom. The molecule has 0 aromatic heterocycles. The molecule has 1 rings (SSSR count). The van der Waals surface area contributed by atoms with Gasteiger partial charge in [-0.1, -0.05) is 39.3 Å². The molecule has 0 fully saturated rings. The third-order valence-electron chi connectivity index (χ3n) is 3.19. The first-order valence-electron chi connectivity index (χ1n) is 6.49. The van der Waals surface area contributed by atoms with E-state index in [4.69, 9.17) is 0 Å². The molecule has 0 radical (unpaired) electrons. The fourth-order valence-electron chi connectivity index (χ4n) is 2.22. The van der Waals surface area contributed by atoms with Gasteiger partial charge in [0.05, 0.1) is 5.56 Å². The Morgan fingerprint density at radius 3 is 2.00 bits per heavy atom. The van der Waals surface area contributed by atoms with Crippen LogP contribution in [0.15, 0.2) is 24.3 Å². The summed E-state index contributed by atoms with van der Waals surface area (Å²) in [6.07, 6.45) is -1.18. The molecule has 1 aromatic carbocycles. The van der Waals surface area contributed by atoms with Crippen molar-refractivity contribution in [3.8, 4) is 0 Å². The summed E-state index contributed by atoms with van der Waals surface area (Å²) in [6.45, 7) is 6.49. The van der Waals surface area contributed by atoms with Crippen LogP contribution in [0.2, 0.25) is 0 Å². The minimum Gasteiger partial charge on any atom is -0.166 e. The average Bonchev–Trinajstić information content (AvgIpc) is 2.27. The zero-order valence-corrected chi connectivity index (χ0v) is 11.2. The molecule has 0 amide bonds. The van der Waals surface area contributed by atoms with Crippen LogP contribution in [0.5, 0.6) is 0 Å². The van der Waals surface area contributed by atoms with Crippen molar-refractivity contribution < 1.29 is 13.2 Å². The van der Waals surface area contributed by atoms with Gasteiger partial charge in [0.2, 0.25) is 0 Å². The van der Waals surface area contributed by atoms with Crippen LogP contribution in [-0.4, -0.2) is 0 Å². The highest BCUT2D eigenvalue weighted by atomic mass is 19.4. The van der Waals surface area contributed by atoms with Gasteiger partial charge in [0, 0.05) is 0 Å². The van der Waals surface area contributed by atoms with Crippen molar-refractivity contribution in [1.82, 2.24) is 0 Å².